The first-order chi connectivity index (χ1) is 12.2. The zero-order valence-corrected chi connectivity index (χ0v) is 14.8. The second-order valence-electron chi connectivity index (χ2n) is 5.80. The highest BCUT2D eigenvalue weighted by Crippen LogP contribution is 2.23. The van der Waals surface area contributed by atoms with Crippen LogP contribution in [0.15, 0.2) is 35.7 Å². The molecule has 1 saturated heterocycles. The van der Waals surface area contributed by atoms with Crippen molar-refractivity contribution < 1.29 is 19.1 Å². The summed E-state index contributed by atoms with van der Waals surface area (Å²) in [5, 5.41) is 2.83. The Hall–Kier alpha value is -2.25. The molecule has 2 aromatic rings. The maximum Gasteiger partial charge on any atom is 0.308 e. The van der Waals surface area contributed by atoms with Crippen LogP contribution < -0.4 is 0 Å². The first kappa shape index (κ1) is 17.6. The summed E-state index contributed by atoms with van der Waals surface area (Å²) >= 11 is 1.54. The lowest BCUT2D eigenvalue weighted by atomic mass is 10.2. The van der Waals surface area contributed by atoms with Gasteiger partial charge in [-0.05, 0) is 0 Å². The van der Waals surface area contributed by atoms with Gasteiger partial charge in [0.2, 0.25) is 5.91 Å². The number of nitrogens with zero attached hydrogens (tertiary/aromatic N) is 2. The van der Waals surface area contributed by atoms with Gasteiger partial charge in [-0.15, -0.1) is 11.3 Å². The summed E-state index contributed by atoms with van der Waals surface area (Å²) < 4.78 is 10.2. The zero-order chi connectivity index (χ0) is 17.6. The molecular formula is C18H20N2O4S. The number of carbonyl (C=O) groups excluding carboxylic acids is 2. The van der Waals surface area contributed by atoms with Crippen LogP contribution in [0.1, 0.15) is 12.1 Å². The van der Waals surface area contributed by atoms with Crippen molar-refractivity contribution >= 4 is 23.2 Å². The molecule has 6 nitrogen and oxygen atoms in total. The molecular weight excluding hydrogens is 340 g/mol. The van der Waals surface area contributed by atoms with E-state index in [2.05, 4.69) is 9.72 Å². The lowest BCUT2D eigenvalue weighted by molar-refractivity contribution is -0.149. The molecule has 1 fully saturated rings. The summed E-state index contributed by atoms with van der Waals surface area (Å²) in [7, 11) is 1.35. The van der Waals surface area contributed by atoms with Crippen LogP contribution >= 0.6 is 11.3 Å². The van der Waals surface area contributed by atoms with Crippen molar-refractivity contribution in [1.82, 2.24) is 9.88 Å². The Morgan fingerprint density at radius 1 is 1.36 bits per heavy atom. The van der Waals surface area contributed by atoms with Gasteiger partial charge in [0.15, 0.2) is 0 Å². The summed E-state index contributed by atoms with van der Waals surface area (Å²) in [6.07, 6.45) is 0.115. The van der Waals surface area contributed by atoms with Gasteiger partial charge < -0.3 is 14.4 Å². The Kier molecular flexibility index (Phi) is 5.78. The predicted molar refractivity (Wildman–Crippen MR) is 94.2 cm³/mol. The number of esters is 1. The minimum absolute atomic E-state index is 0.00285. The van der Waals surface area contributed by atoms with Crippen LogP contribution in [-0.2, 0) is 25.5 Å². The lowest BCUT2D eigenvalue weighted by Gasteiger charge is -2.32. The smallest absolute Gasteiger partial charge is 0.308 e. The molecule has 0 aliphatic carbocycles. The highest BCUT2D eigenvalue weighted by atomic mass is 32.1. The number of hydrogen-bond acceptors (Lipinski definition) is 6. The fourth-order valence-electron chi connectivity index (χ4n) is 2.71. The fourth-order valence-corrected chi connectivity index (χ4v) is 3.53. The van der Waals surface area contributed by atoms with Gasteiger partial charge in [-0.25, -0.2) is 4.98 Å². The largest absolute Gasteiger partial charge is 0.469 e. The van der Waals surface area contributed by atoms with E-state index in [0.717, 1.165) is 16.3 Å². The third kappa shape index (κ3) is 4.64. The van der Waals surface area contributed by atoms with Crippen molar-refractivity contribution in [2.24, 2.45) is 0 Å². The molecule has 1 aliphatic heterocycles. The Morgan fingerprint density at radius 2 is 2.16 bits per heavy atom. The standard InChI is InChI=1S/C18H20N2O4S/c1-23-17(22)10-15-11-20(7-8-24-15)16(21)9-14-12-25-18(19-14)13-5-3-2-4-6-13/h2-6,12,15H,7-11H2,1H3. The number of hydrogen-bond donors (Lipinski definition) is 0. The van der Waals surface area contributed by atoms with Crippen LogP contribution in [0.4, 0.5) is 0 Å². The van der Waals surface area contributed by atoms with Gasteiger partial charge in [0, 0.05) is 24.0 Å². The second-order valence-corrected chi connectivity index (χ2v) is 6.66. The van der Waals surface area contributed by atoms with Gasteiger partial charge in [0.1, 0.15) is 5.01 Å². The number of aromatic nitrogens is 1. The molecule has 25 heavy (non-hydrogen) atoms. The van der Waals surface area contributed by atoms with Gasteiger partial charge in [0.05, 0.1) is 38.4 Å². The average Bonchev–Trinajstić information content (AvgIpc) is 3.11. The number of carbonyl (C=O) groups is 2. The van der Waals surface area contributed by atoms with E-state index in [-0.39, 0.29) is 30.8 Å². The van der Waals surface area contributed by atoms with Gasteiger partial charge in [-0.1, -0.05) is 30.3 Å². The monoisotopic (exact) mass is 360 g/mol. The van der Waals surface area contributed by atoms with Gasteiger partial charge in [-0.3, -0.25) is 9.59 Å². The lowest BCUT2D eigenvalue weighted by Crippen LogP contribution is -2.46. The summed E-state index contributed by atoms with van der Waals surface area (Å²) in [5.74, 6) is -0.325. The Balaban J connectivity index is 1.58. The van der Waals surface area contributed by atoms with Crippen LogP contribution in [0.2, 0.25) is 0 Å². The molecule has 3 rings (SSSR count). The molecule has 7 heteroatoms. The molecule has 0 N–H and O–H groups in total. The van der Waals surface area contributed by atoms with E-state index in [9.17, 15) is 9.59 Å². The fraction of sp³-hybridized carbons (Fsp3) is 0.389. The quantitative estimate of drug-likeness (QED) is 0.764. The van der Waals surface area contributed by atoms with E-state index < -0.39 is 0 Å². The number of ether oxygens (including phenoxy) is 2. The van der Waals surface area contributed by atoms with Gasteiger partial charge >= 0.3 is 5.97 Å². The van der Waals surface area contributed by atoms with Crippen LogP contribution in [0.5, 0.6) is 0 Å². The van der Waals surface area contributed by atoms with Gasteiger partial charge in [-0.2, -0.15) is 0 Å². The highest BCUT2D eigenvalue weighted by Gasteiger charge is 2.26. The number of methoxy groups -OCH3 is 1. The van der Waals surface area contributed by atoms with Crippen molar-refractivity contribution in [2.75, 3.05) is 26.8 Å². The molecule has 0 spiro atoms. The van der Waals surface area contributed by atoms with Gasteiger partial charge in [0.25, 0.3) is 0 Å². The third-order valence-corrected chi connectivity index (χ3v) is 4.96. The number of thiazole rings is 1. The topological polar surface area (TPSA) is 68.7 Å². The van der Waals surface area contributed by atoms with Crippen molar-refractivity contribution in [3.63, 3.8) is 0 Å². The van der Waals surface area contributed by atoms with E-state index in [0.29, 0.717) is 19.7 Å². The van der Waals surface area contributed by atoms with E-state index >= 15 is 0 Å². The molecule has 2 heterocycles. The first-order valence-corrected chi connectivity index (χ1v) is 8.99. The van der Waals surface area contributed by atoms with Crippen LogP contribution in [0.3, 0.4) is 0 Å². The molecule has 1 aromatic carbocycles. The van der Waals surface area contributed by atoms with Crippen molar-refractivity contribution in [3.05, 3.63) is 41.4 Å². The molecule has 1 amide bonds. The number of rotatable bonds is 5. The highest BCUT2D eigenvalue weighted by molar-refractivity contribution is 7.13. The third-order valence-electron chi connectivity index (χ3n) is 4.02. The predicted octanol–water partition coefficient (Wildman–Crippen LogP) is 2.14. The van der Waals surface area contributed by atoms with Crippen LogP contribution in [-0.4, -0.2) is 54.7 Å². The minimum atomic E-state index is -0.327. The van der Waals surface area contributed by atoms with Crippen LogP contribution in [0.25, 0.3) is 10.6 Å². The van der Waals surface area contributed by atoms with E-state index in [1.54, 1.807) is 4.90 Å². The Bertz CT molecular complexity index is 732. The van der Waals surface area contributed by atoms with E-state index in [1.165, 1.54) is 18.4 Å². The summed E-state index contributed by atoms with van der Waals surface area (Å²) in [6.45, 7) is 1.37. The minimum Gasteiger partial charge on any atom is -0.469 e. The number of benzene rings is 1. The molecule has 132 valence electrons. The Morgan fingerprint density at radius 3 is 2.92 bits per heavy atom. The first-order valence-electron chi connectivity index (χ1n) is 8.11. The maximum absolute atomic E-state index is 12.5. The van der Waals surface area contributed by atoms with Crippen molar-refractivity contribution in [2.45, 2.75) is 18.9 Å². The molecule has 0 saturated carbocycles. The summed E-state index contributed by atoms with van der Waals surface area (Å²) in [5.41, 5.74) is 1.82. The summed E-state index contributed by atoms with van der Waals surface area (Å²) in [6, 6.07) is 9.91. The number of morpholine rings is 1. The Labute approximate surface area is 150 Å². The molecule has 1 unspecified atom stereocenters. The normalized spacial score (nSPS) is 17.3. The van der Waals surface area contributed by atoms with Crippen molar-refractivity contribution in [1.29, 1.82) is 0 Å². The summed E-state index contributed by atoms with van der Waals surface area (Å²) in [4.78, 5) is 30.2. The molecule has 1 atom stereocenters. The zero-order valence-electron chi connectivity index (χ0n) is 14.0. The second kappa shape index (κ2) is 8.22. The van der Waals surface area contributed by atoms with Crippen LogP contribution in [0, 0.1) is 0 Å². The van der Waals surface area contributed by atoms with E-state index in [4.69, 9.17) is 4.74 Å². The molecule has 1 aromatic heterocycles. The SMILES string of the molecule is COC(=O)CC1CN(C(=O)Cc2csc(-c3ccccc3)n2)CCO1. The van der Waals surface area contributed by atoms with E-state index in [1.807, 2.05) is 35.7 Å². The molecule has 0 bridgehead atoms. The molecule has 1 aliphatic rings. The average molecular weight is 360 g/mol. The number of amides is 1. The maximum atomic E-state index is 12.5. The molecule has 0 radical (unpaired) electrons. The van der Waals surface area contributed by atoms with Crippen molar-refractivity contribution in [3.8, 4) is 10.6 Å².